The first kappa shape index (κ1) is 16.8. The van der Waals surface area contributed by atoms with Crippen molar-refractivity contribution in [1.29, 1.82) is 0 Å². The van der Waals surface area contributed by atoms with Gasteiger partial charge in [0.05, 0.1) is 12.2 Å². The van der Waals surface area contributed by atoms with Gasteiger partial charge in [-0.3, -0.25) is 9.69 Å². The number of hydrogen-bond donors (Lipinski definition) is 1. The first-order chi connectivity index (χ1) is 12.2. The van der Waals surface area contributed by atoms with Crippen LogP contribution < -0.4 is 5.32 Å². The molecule has 4 rings (SSSR count). The minimum atomic E-state index is -0.146. The molecule has 0 aliphatic carbocycles. The fourth-order valence-corrected chi connectivity index (χ4v) is 4.70. The van der Waals surface area contributed by atoms with E-state index in [-0.39, 0.29) is 11.5 Å². The molecule has 1 aromatic carbocycles. The summed E-state index contributed by atoms with van der Waals surface area (Å²) in [5, 5.41) is 3.01. The largest absolute Gasteiger partial charge is 0.373 e. The zero-order chi connectivity index (χ0) is 17.1. The molecular formula is C20H24N2O2S. The van der Waals surface area contributed by atoms with Gasteiger partial charge in [-0.05, 0) is 30.5 Å². The smallest absolute Gasteiger partial charge is 0.222 e. The van der Waals surface area contributed by atoms with Crippen LogP contribution in [0.2, 0.25) is 0 Å². The van der Waals surface area contributed by atoms with Gasteiger partial charge in [0.1, 0.15) is 0 Å². The lowest BCUT2D eigenvalue weighted by Crippen LogP contribution is -2.50. The highest BCUT2D eigenvalue weighted by molar-refractivity contribution is 7.15. The van der Waals surface area contributed by atoms with Gasteiger partial charge >= 0.3 is 0 Å². The second-order valence-corrected chi connectivity index (χ2v) is 8.13. The van der Waals surface area contributed by atoms with Crippen molar-refractivity contribution >= 4 is 17.2 Å². The molecule has 2 saturated heterocycles. The maximum Gasteiger partial charge on any atom is 0.222 e. The summed E-state index contributed by atoms with van der Waals surface area (Å²) in [5.74, 6) is 0.117. The van der Waals surface area contributed by atoms with Crippen molar-refractivity contribution < 1.29 is 9.53 Å². The van der Waals surface area contributed by atoms with Gasteiger partial charge < -0.3 is 10.1 Å². The fraction of sp³-hybridized carbons (Fsp3) is 0.450. The summed E-state index contributed by atoms with van der Waals surface area (Å²) < 4.78 is 6.05. The summed E-state index contributed by atoms with van der Waals surface area (Å²) in [7, 11) is 0. The summed E-state index contributed by atoms with van der Waals surface area (Å²) in [6, 6.07) is 15.0. The minimum Gasteiger partial charge on any atom is -0.373 e. The monoisotopic (exact) mass is 356 g/mol. The number of thiophene rings is 1. The highest BCUT2D eigenvalue weighted by Gasteiger charge is 2.37. The number of ether oxygens (including phenoxy) is 1. The minimum absolute atomic E-state index is 0.117. The molecule has 0 atom stereocenters. The van der Waals surface area contributed by atoms with Crippen molar-refractivity contribution in [3.63, 3.8) is 0 Å². The van der Waals surface area contributed by atoms with Crippen LogP contribution in [0.5, 0.6) is 0 Å². The van der Waals surface area contributed by atoms with Crippen LogP contribution >= 0.6 is 11.3 Å². The molecule has 2 fully saturated rings. The van der Waals surface area contributed by atoms with Crippen LogP contribution in [-0.4, -0.2) is 42.6 Å². The van der Waals surface area contributed by atoms with E-state index < -0.39 is 0 Å². The second-order valence-electron chi connectivity index (χ2n) is 6.97. The van der Waals surface area contributed by atoms with Crippen LogP contribution in [0.4, 0.5) is 0 Å². The number of likely N-dealkylation sites (tertiary alicyclic amines) is 1. The summed E-state index contributed by atoms with van der Waals surface area (Å²) in [4.78, 5) is 16.8. The van der Waals surface area contributed by atoms with Crippen molar-refractivity contribution in [3.05, 3.63) is 47.3 Å². The summed E-state index contributed by atoms with van der Waals surface area (Å²) in [6.45, 7) is 4.26. The Hall–Kier alpha value is -1.69. The molecule has 3 heterocycles. The van der Waals surface area contributed by atoms with Crippen LogP contribution in [0.15, 0.2) is 42.5 Å². The molecule has 1 amide bonds. The van der Waals surface area contributed by atoms with E-state index >= 15 is 0 Å². The lowest BCUT2D eigenvalue weighted by atomic mass is 9.91. The molecule has 0 unspecified atom stereocenters. The Morgan fingerprint density at radius 1 is 1.12 bits per heavy atom. The van der Waals surface area contributed by atoms with Crippen molar-refractivity contribution in [2.45, 2.75) is 31.4 Å². The molecule has 4 nitrogen and oxygen atoms in total. The Labute approximate surface area is 152 Å². The van der Waals surface area contributed by atoms with Gasteiger partial charge in [-0.25, -0.2) is 0 Å². The molecule has 2 aromatic rings. The quantitative estimate of drug-likeness (QED) is 0.918. The third-order valence-electron chi connectivity index (χ3n) is 5.21. The first-order valence-corrected chi connectivity index (χ1v) is 9.81. The molecule has 1 N–H and O–H groups in total. The molecule has 132 valence electrons. The first-order valence-electron chi connectivity index (χ1n) is 9.00. The summed E-state index contributed by atoms with van der Waals surface area (Å²) in [5.41, 5.74) is 1.15. The normalized spacial score (nSPS) is 21.0. The van der Waals surface area contributed by atoms with E-state index in [9.17, 15) is 4.79 Å². The molecular weight excluding hydrogens is 332 g/mol. The van der Waals surface area contributed by atoms with Gasteiger partial charge in [-0.15, -0.1) is 11.3 Å². The number of amides is 1. The molecule has 1 aromatic heterocycles. The molecule has 1 spiro atoms. The molecule has 2 aliphatic heterocycles. The molecule has 0 bridgehead atoms. The molecule has 5 heteroatoms. The van der Waals surface area contributed by atoms with E-state index in [1.54, 1.807) is 0 Å². The number of benzene rings is 1. The number of rotatable bonds is 3. The summed E-state index contributed by atoms with van der Waals surface area (Å²) in [6.07, 6.45) is 2.47. The highest BCUT2D eigenvalue weighted by atomic mass is 32.1. The Balaban J connectivity index is 1.35. The number of carbonyl (C=O) groups excluding carboxylic acids is 1. The van der Waals surface area contributed by atoms with Crippen LogP contribution in [0.3, 0.4) is 0 Å². The number of nitrogens with one attached hydrogen (secondary N) is 1. The van der Waals surface area contributed by atoms with Gasteiger partial charge in [0.15, 0.2) is 0 Å². The second kappa shape index (κ2) is 7.28. The van der Waals surface area contributed by atoms with Crippen LogP contribution in [-0.2, 0) is 16.1 Å². The van der Waals surface area contributed by atoms with Crippen molar-refractivity contribution in [2.24, 2.45) is 0 Å². The third-order valence-corrected chi connectivity index (χ3v) is 6.33. The van der Waals surface area contributed by atoms with Gasteiger partial charge in [0.25, 0.3) is 0 Å². The van der Waals surface area contributed by atoms with E-state index in [0.717, 1.165) is 32.5 Å². The van der Waals surface area contributed by atoms with Crippen LogP contribution in [0, 0.1) is 0 Å². The predicted octanol–water partition coefficient (Wildman–Crippen LogP) is 3.29. The average molecular weight is 356 g/mol. The SMILES string of the molecule is O=C1CCOC2(CCN(Cc3ccc(-c4ccccc4)s3)CC2)CN1. The zero-order valence-corrected chi connectivity index (χ0v) is 15.2. The Morgan fingerprint density at radius 2 is 1.92 bits per heavy atom. The molecule has 0 saturated carbocycles. The van der Waals surface area contributed by atoms with Crippen molar-refractivity contribution in [1.82, 2.24) is 10.2 Å². The van der Waals surface area contributed by atoms with E-state index in [4.69, 9.17) is 4.74 Å². The van der Waals surface area contributed by atoms with Crippen molar-refractivity contribution in [3.8, 4) is 10.4 Å². The molecule has 2 aliphatic rings. The van der Waals surface area contributed by atoms with Crippen molar-refractivity contribution in [2.75, 3.05) is 26.2 Å². The van der Waals surface area contributed by atoms with E-state index in [1.807, 2.05) is 11.3 Å². The third kappa shape index (κ3) is 3.94. The van der Waals surface area contributed by atoms with E-state index in [2.05, 4.69) is 52.7 Å². The van der Waals surface area contributed by atoms with Gasteiger partial charge in [-0.2, -0.15) is 0 Å². The van der Waals surface area contributed by atoms with Gasteiger partial charge in [0.2, 0.25) is 5.91 Å². The lowest BCUT2D eigenvalue weighted by molar-refractivity contribution is -0.120. The average Bonchev–Trinajstić information content (AvgIpc) is 3.04. The number of hydrogen-bond acceptors (Lipinski definition) is 4. The van der Waals surface area contributed by atoms with Gasteiger partial charge in [0, 0.05) is 42.4 Å². The maximum atomic E-state index is 11.5. The molecule has 0 radical (unpaired) electrons. The maximum absolute atomic E-state index is 11.5. The Bertz CT molecular complexity index is 720. The lowest BCUT2D eigenvalue weighted by Gasteiger charge is -2.40. The standard InChI is InChI=1S/C20H24N2O2S/c23-19-8-13-24-20(15-21-19)9-11-22(12-10-20)14-17-6-7-18(25-17)16-4-2-1-3-5-16/h1-7H,8-15H2,(H,21,23). The number of nitrogens with zero attached hydrogens (tertiary/aromatic N) is 1. The van der Waals surface area contributed by atoms with E-state index in [1.165, 1.54) is 15.3 Å². The number of piperidine rings is 1. The van der Waals surface area contributed by atoms with Crippen LogP contribution in [0.1, 0.15) is 24.1 Å². The van der Waals surface area contributed by atoms with E-state index in [0.29, 0.717) is 19.6 Å². The van der Waals surface area contributed by atoms with Crippen LogP contribution in [0.25, 0.3) is 10.4 Å². The Morgan fingerprint density at radius 3 is 2.72 bits per heavy atom. The highest BCUT2D eigenvalue weighted by Crippen LogP contribution is 2.31. The Kier molecular flexibility index (Phi) is 4.88. The topological polar surface area (TPSA) is 41.6 Å². The van der Waals surface area contributed by atoms with Gasteiger partial charge in [-0.1, -0.05) is 30.3 Å². The zero-order valence-electron chi connectivity index (χ0n) is 14.4. The number of carbonyl (C=O) groups is 1. The predicted molar refractivity (Wildman–Crippen MR) is 101 cm³/mol. The summed E-state index contributed by atoms with van der Waals surface area (Å²) >= 11 is 1.88. The fourth-order valence-electron chi connectivity index (χ4n) is 3.64. The molecule has 25 heavy (non-hydrogen) atoms.